The third-order valence-corrected chi connectivity index (χ3v) is 7.99. The van der Waals surface area contributed by atoms with Gasteiger partial charge in [-0.05, 0) is 42.7 Å². The van der Waals surface area contributed by atoms with Crippen LogP contribution in [0.25, 0.3) is 0 Å². The first-order valence-electron chi connectivity index (χ1n) is 9.58. The van der Waals surface area contributed by atoms with Crippen molar-refractivity contribution < 1.29 is 0 Å². The quantitative estimate of drug-likeness (QED) is 0.712. The van der Waals surface area contributed by atoms with Gasteiger partial charge in [-0.25, -0.2) is 9.97 Å². The molecule has 2 fully saturated rings. The van der Waals surface area contributed by atoms with Crippen LogP contribution in [0.3, 0.4) is 0 Å². The zero-order chi connectivity index (χ0) is 19.0. The Morgan fingerprint density at radius 3 is 2.67 bits per heavy atom. The molecule has 1 spiro atoms. The van der Waals surface area contributed by atoms with Crippen LogP contribution in [0.5, 0.6) is 0 Å². The average Bonchev–Trinajstić information content (AvgIpc) is 3.01. The van der Waals surface area contributed by atoms with Crippen molar-refractivity contribution in [2.75, 3.05) is 29.5 Å². The zero-order valence-corrected chi connectivity index (χ0v) is 17.2. The van der Waals surface area contributed by atoms with Crippen LogP contribution in [-0.2, 0) is 0 Å². The van der Waals surface area contributed by atoms with Gasteiger partial charge in [-0.3, -0.25) is 0 Å². The minimum atomic E-state index is 0.436. The highest BCUT2D eigenvalue weighted by Gasteiger charge is 2.42. The zero-order valence-electron chi connectivity index (χ0n) is 15.6. The van der Waals surface area contributed by atoms with E-state index in [1.807, 2.05) is 18.3 Å². The fourth-order valence-corrected chi connectivity index (χ4v) is 5.62. The Bertz CT molecular complexity index is 835. The van der Waals surface area contributed by atoms with Crippen molar-refractivity contribution in [1.82, 2.24) is 9.97 Å². The van der Waals surface area contributed by atoms with E-state index in [-0.39, 0.29) is 0 Å². The van der Waals surface area contributed by atoms with Gasteiger partial charge in [0.1, 0.15) is 10.8 Å². The van der Waals surface area contributed by atoms with E-state index in [0.717, 1.165) is 29.7 Å². The maximum absolute atomic E-state index is 6.28. The molecule has 1 saturated heterocycles. The van der Waals surface area contributed by atoms with Crippen molar-refractivity contribution in [3.63, 3.8) is 0 Å². The molecule has 144 valence electrons. The molecule has 1 aliphatic carbocycles. The number of nitrogens with zero attached hydrogens (tertiary/aromatic N) is 3. The van der Waals surface area contributed by atoms with E-state index in [0.29, 0.717) is 27.0 Å². The molecule has 0 bridgehead atoms. The summed E-state index contributed by atoms with van der Waals surface area (Å²) in [6.07, 6.45) is 8.45. The van der Waals surface area contributed by atoms with Gasteiger partial charge in [-0.15, -0.1) is 0 Å². The smallest absolute Gasteiger partial charge is 0.158 e. The minimum absolute atomic E-state index is 0.436. The summed E-state index contributed by atoms with van der Waals surface area (Å²) in [6.45, 7) is 4.49. The number of hydrogen-bond acceptors (Lipinski definition) is 6. The van der Waals surface area contributed by atoms with Gasteiger partial charge in [0.2, 0.25) is 0 Å². The van der Waals surface area contributed by atoms with Crippen LogP contribution in [-0.4, -0.2) is 23.1 Å². The number of nitrogens with two attached hydrogens (primary N) is 2. The van der Waals surface area contributed by atoms with Crippen molar-refractivity contribution in [3.8, 4) is 0 Å². The van der Waals surface area contributed by atoms with Crippen LogP contribution in [0.4, 0.5) is 17.3 Å². The molecule has 0 amide bonds. The lowest BCUT2D eigenvalue weighted by molar-refractivity contribution is 0.161. The second kappa shape index (κ2) is 7.40. The minimum Gasteiger partial charge on any atom is -0.397 e. The summed E-state index contributed by atoms with van der Waals surface area (Å²) in [5.41, 5.74) is 13.2. The first-order chi connectivity index (χ1) is 13.0. The molecule has 1 aromatic heterocycles. The van der Waals surface area contributed by atoms with Crippen LogP contribution in [0.15, 0.2) is 34.3 Å². The molecule has 1 atom stereocenters. The van der Waals surface area contributed by atoms with Gasteiger partial charge in [-0.1, -0.05) is 49.2 Å². The van der Waals surface area contributed by atoms with Crippen molar-refractivity contribution in [1.29, 1.82) is 0 Å². The maximum Gasteiger partial charge on any atom is 0.158 e. The van der Waals surface area contributed by atoms with Crippen molar-refractivity contribution in [2.24, 2.45) is 11.3 Å². The normalized spacial score (nSPS) is 21.7. The Morgan fingerprint density at radius 2 is 2.00 bits per heavy atom. The molecule has 0 radical (unpaired) electrons. The molecule has 1 saturated carbocycles. The summed E-state index contributed by atoms with van der Waals surface area (Å²) in [5.74, 6) is 2.15. The van der Waals surface area contributed by atoms with Gasteiger partial charge in [0.15, 0.2) is 5.82 Å². The molecule has 1 aliphatic heterocycles. The third kappa shape index (κ3) is 3.57. The summed E-state index contributed by atoms with van der Waals surface area (Å²) in [6, 6.07) is 5.55. The second-order valence-corrected chi connectivity index (χ2v) is 9.23. The second-order valence-electron chi connectivity index (χ2n) is 7.82. The van der Waals surface area contributed by atoms with Gasteiger partial charge in [0.25, 0.3) is 0 Å². The molecule has 4 N–H and O–H groups in total. The highest BCUT2D eigenvalue weighted by Crippen LogP contribution is 2.50. The molecular weight excluding hydrogens is 378 g/mol. The van der Waals surface area contributed by atoms with Gasteiger partial charge in [0, 0.05) is 18.0 Å². The van der Waals surface area contributed by atoms with E-state index in [4.69, 9.17) is 23.1 Å². The highest BCUT2D eigenvalue weighted by molar-refractivity contribution is 7.99. The predicted molar refractivity (Wildman–Crippen MR) is 113 cm³/mol. The summed E-state index contributed by atoms with van der Waals surface area (Å²) in [4.78, 5) is 12.3. The molecule has 2 heterocycles. The number of hydrogen-bond donors (Lipinski definition) is 2. The molecule has 1 aromatic carbocycles. The number of anilines is 3. The predicted octanol–water partition coefficient (Wildman–Crippen LogP) is 4.85. The maximum atomic E-state index is 6.28. The number of benzene rings is 1. The monoisotopic (exact) mass is 403 g/mol. The van der Waals surface area contributed by atoms with Crippen LogP contribution in [0.2, 0.25) is 5.02 Å². The van der Waals surface area contributed by atoms with Gasteiger partial charge < -0.3 is 16.4 Å². The van der Waals surface area contributed by atoms with Gasteiger partial charge in [0.05, 0.1) is 16.9 Å². The number of rotatable bonds is 3. The highest BCUT2D eigenvalue weighted by atomic mass is 35.5. The Kier molecular flexibility index (Phi) is 5.12. The lowest BCUT2D eigenvalue weighted by Gasteiger charge is -2.42. The molecule has 0 unspecified atom stereocenters. The van der Waals surface area contributed by atoms with Gasteiger partial charge >= 0.3 is 0 Å². The van der Waals surface area contributed by atoms with Crippen LogP contribution in [0.1, 0.15) is 39.0 Å². The number of nitrogen functional groups attached to an aromatic ring is 2. The summed E-state index contributed by atoms with van der Waals surface area (Å²) in [5, 5.41) is 1.18. The third-order valence-electron chi connectivity index (χ3n) is 6.39. The van der Waals surface area contributed by atoms with Gasteiger partial charge in [-0.2, -0.15) is 0 Å². The number of halogens is 1. The van der Waals surface area contributed by atoms with Crippen LogP contribution in [0, 0.1) is 11.3 Å². The Labute approximate surface area is 169 Å². The SMILES string of the molecule is C[C@@H]1CCCC12CCN(c1cnc(Sc3cccc(N)c3Cl)c(N)n1)CC2. The van der Waals surface area contributed by atoms with E-state index >= 15 is 0 Å². The lowest BCUT2D eigenvalue weighted by Crippen LogP contribution is -2.41. The Morgan fingerprint density at radius 1 is 1.22 bits per heavy atom. The average molecular weight is 404 g/mol. The Hall–Kier alpha value is -1.66. The first kappa shape index (κ1) is 18.7. The number of aromatic nitrogens is 2. The first-order valence-corrected chi connectivity index (χ1v) is 10.8. The molecule has 4 rings (SSSR count). The van der Waals surface area contributed by atoms with Crippen molar-refractivity contribution in [3.05, 3.63) is 29.4 Å². The van der Waals surface area contributed by atoms with Crippen molar-refractivity contribution in [2.45, 2.75) is 48.9 Å². The van der Waals surface area contributed by atoms with E-state index in [1.165, 1.54) is 43.9 Å². The van der Waals surface area contributed by atoms with E-state index in [2.05, 4.69) is 21.8 Å². The number of piperidine rings is 1. The molecular formula is C20H26ClN5S. The van der Waals surface area contributed by atoms with Crippen LogP contribution >= 0.6 is 23.4 Å². The Balaban J connectivity index is 1.47. The lowest BCUT2D eigenvalue weighted by atomic mass is 9.71. The van der Waals surface area contributed by atoms with E-state index in [9.17, 15) is 0 Å². The fourth-order valence-electron chi connectivity index (χ4n) is 4.56. The largest absolute Gasteiger partial charge is 0.397 e. The standard InChI is InChI=1S/C20H26ClN5S/c1-13-4-3-7-20(13)8-10-26(11-9-20)16-12-24-19(18(23)25-16)27-15-6-2-5-14(22)17(15)21/h2,5-6,12-13H,3-4,7-11,22H2,1H3,(H2,23,25)/t13-/m1/s1. The topological polar surface area (TPSA) is 81.1 Å². The molecule has 5 nitrogen and oxygen atoms in total. The summed E-state index contributed by atoms with van der Waals surface area (Å²) < 4.78 is 0. The summed E-state index contributed by atoms with van der Waals surface area (Å²) >= 11 is 7.67. The molecule has 7 heteroatoms. The summed E-state index contributed by atoms with van der Waals surface area (Å²) in [7, 11) is 0. The molecule has 2 aliphatic rings. The van der Waals surface area contributed by atoms with Crippen molar-refractivity contribution >= 4 is 40.7 Å². The molecule has 2 aromatic rings. The van der Waals surface area contributed by atoms with E-state index in [1.54, 1.807) is 6.07 Å². The van der Waals surface area contributed by atoms with E-state index < -0.39 is 0 Å². The molecule has 27 heavy (non-hydrogen) atoms. The fraction of sp³-hybridized carbons (Fsp3) is 0.500. The van der Waals surface area contributed by atoms with Crippen LogP contribution < -0.4 is 16.4 Å².